The third-order valence-corrected chi connectivity index (χ3v) is 5.99. The molecule has 2 aromatic rings. The minimum absolute atomic E-state index is 0.0607. The molecule has 0 aliphatic heterocycles. The number of benzene rings is 1. The number of rotatable bonds is 5. The monoisotopic (exact) mass is 426 g/mol. The lowest BCUT2D eigenvalue weighted by Gasteiger charge is -2.37. The van der Waals surface area contributed by atoms with Crippen molar-refractivity contribution in [3.63, 3.8) is 0 Å². The molecule has 0 N–H and O–H groups in total. The zero-order valence-corrected chi connectivity index (χ0v) is 16.9. The van der Waals surface area contributed by atoms with Gasteiger partial charge in [-0.05, 0) is 44.4 Å². The second-order valence-corrected chi connectivity index (χ2v) is 8.11. The van der Waals surface area contributed by atoms with Gasteiger partial charge in [-0.2, -0.15) is 0 Å². The fourth-order valence-electron chi connectivity index (χ4n) is 4.24. The Kier molecular flexibility index (Phi) is 5.80. The van der Waals surface area contributed by atoms with Crippen LogP contribution in [0.15, 0.2) is 27.5 Å². The van der Waals surface area contributed by atoms with Gasteiger partial charge >= 0.3 is 0 Å². The van der Waals surface area contributed by atoms with Crippen molar-refractivity contribution < 1.29 is 8.78 Å². The first-order valence-corrected chi connectivity index (χ1v) is 10.3. The van der Waals surface area contributed by atoms with Crippen LogP contribution >= 0.6 is 15.9 Å². The van der Waals surface area contributed by atoms with E-state index < -0.39 is 17.8 Å². The minimum Gasteiger partial charge on any atom is -0.296 e. The highest BCUT2D eigenvalue weighted by molar-refractivity contribution is 9.10. The minimum atomic E-state index is -2.69. The predicted molar refractivity (Wildman–Crippen MR) is 104 cm³/mol. The van der Waals surface area contributed by atoms with Gasteiger partial charge in [0.05, 0.1) is 10.9 Å². The van der Waals surface area contributed by atoms with Gasteiger partial charge in [0.1, 0.15) is 5.82 Å². The molecule has 1 fully saturated rings. The van der Waals surface area contributed by atoms with E-state index in [0.29, 0.717) is 42.5 Å². The standard InChI is InChI=1S/C20H25BrF2N2O/c1-3-7-14(16-8-5-6-11-20(16,22)23)18-24-17-10-9-13(21)12-15(17)19(26)25(18)4-2/h9-10,12,14,16H,3-8,11H2,1-2H3/t14-,16-/m0/s1. The molecule has 1 aromatic carbocycles. The molecular weight excluding hydrogens is 402 g/mol. The topological polar surface area (TPSA) is 34.9 Å². The van der Waals surface area contributed by atoms with Crippen molar-refractivity contribution in [2.45, 2.75) is 70.8 Å². The van der Waals surface area contributed by atoms with Gasteiger partial charge in [0.2, 0.25) is 0 Å². The number of halogens is 3. The smallest absolute Gasteiger partial charge is 0.261 e. The van der Waals surface area contributed by atoms with Crippen LogP contribution in [0, 0.1) is 5.92 Å². The Hall–Kier alpha value is -1.30. The fourth-order valence-corrected chi connectivity index (χ4v) is 4.60. The molecule has 0 unspecified atom stereocenters. The summed E-state index contributed by atoms with van der Waals surface area (Å²) in [6, 6.07) is 5.37. The SMILES string of the molecule is CCC[C@H](c1nc2ccc(Br)cc2c(=O)n1CC)[C@@H]1CCCCC1(F)F. The van der Waals surface area contributed by atoms with E-state index in [0.717, 1.165) is 17.3 Å². The van der Waals surface area contributed by atoms with Crippen LogP contribution in [0.4, 0.5) is 8.78 Å². The molecular formula is C20H25BrF2N2O. The Balaban J connectivity index is 2.19. The van der Waals surface area contributed by atoms with Crippen LogP contribution in [0.5, 0.6) is 0 Å². The molecule has 1 aliphatic carbocycles. The molecule has 0 saturated heterocycles. The van der Waals surface area contributed by atoms with E-state index in [1.807, 2.05) is 19.9 Å². The second-order valence-electron chi connectivity index (χ2n) is 7.19. The van der Waals surface area contributed by atoms with Crippen molar-refractivity contribution in [3.8, 4) is 0 Å². The maximum Gasteiger partial charge on any atom is 0.261 e. The number of alkyl halides is 2. The summed E-state index contributed by atoms with van der Waals surface area (Å²) in [6.45, 7) is 4.31. The average Bonchev–Trinajstić information content (AvgIpc) is 2.60. The third kappa shape index (κ3) is 3.57. The highest BCUT2D eigenvalue weighted by Crippen LogP contribution is 2.47. The van der Waals surface area contributed by atoms with E-state index in [-0.39, 0.29) is 12.0 Å². The quantitative estimate of drug-likeness (QED) is 0.597. The fraction of sp³-hybridized carbons (Fsp3) is 0.600. The Morgan fingerprint density at radius 2 is 2.12 bits per heavy atom. The highest BCUT2D eigenvalue weighted by atomic mass is 79.9. The largest absolute Gasteiger partial charge is 0.296 e. The Morgan fingerprint density at radius 1 is 1.35 bits per heavy atom. The first-order chi connectivity index (χ1) is 12.4. The Morgan fingerprint density at radius 3 is 2.77 bits per heavy atom. The summed E-state index contributed by atoms with van der Waals surface area (Å²) < 4.78 is 31.8. The van der Waals surface area contributed by atoms with Gasteiger partial charge in [0.15, 0.2) is 0 Å². The first kappa shape index (κ1) is 19.5. The summed E-state index contributed by atoms with van der Waals surface area (Å²) >= 11 is 3.39. The number of hydrogen-bond acceptors (Lipinski definition) is 2. The van der Waals surface area contributed by atoms with Crippen LogP contribution in [-0.2, 0) is 6.54 Å². The lowest BCUT2D eigenvalue weighted by atomic mass is 9.75. The Labute approximate surface area is 160 Å². The molecule has 0 radical (unpaired) electrons. The van der Waals surface area contributed by atoms with Crippen LogP contribution in [-0.4, -0.2) is 15.5 Å². The molecule has 26 heavy (non-hydrogen) atoms. The van der Waals surface area contributed by atoms with Crippen LogP contribution in [0.3, 0.4) is 0 Å². The van der Waals surface area contributed by atoms with Crippen molar-refractivity contribution in [2.75, 3.05) is 0 Å². The lowest BCUT2D eigenvalue weighted by molar-refractivity contribution is -0.0972. The summed E-state index contributed by atoms with van der Waals surface area (Å²) in [5.74, 6) is -3.30. The molecule has 0 spiro atoms. The molecule has 3 nitrogen and oxygen atoms in total. The van der Waals surface area contributed by atoms with E-state index in [2.05, 4.69) is 15.9 Å². The summed E-state index contributed by atoms with van der Waals surface area (Å²) in [5, 5.41) is 0.524. The van der Waals surface area contributed by atoms with E-state index in [1.165, 1.54) is 0 Å². The van der Waals surface area contributed by atoms with Gasteiger partial charge in [0, 0.05) is 29.3 Å². The summed E-state index contributed by atoms with van der Waals surface area (Å²) in [6.07, 6.45) is 3.23. The van der Waals surface area contributed by atoms with Gasteiger partial charge in [-0.3, -0.25) is 9.36 Å². The molecule has 0 bridgehead atoms. The normalized spacial score (nSPS) is 21.0. The van der Waals surface area contributed by atoms with Crippen LogP contribution in [0.2, 0.25) is 0 Å². The van der Waals surface area contributed by atoms with Crippen molar-refractivity contribution in [1.29, 1.82) is 0 Å². The lowest BCUT2D eigenvalue weighted by Crippen LogP contribution is -2.39. The van der Waals surface area contributed by atoms with Gasteiger partial charge in [-0.1, -0.05) is 35.7 Å². The van der Waals surface area contributed by atoms with Crippen LogP contribution in [0.25, 0.3) is 10.9 Å². The molecule has 0 amide bonds. The molecule has 3 rings (SSSR count). The molecule has 1 heterocycles. The molecule has 1 saturated carbocycles. The molecule has 1 aliphatic rings. The van der Waals surface area contributed by atoms with Gasteiger partial charge in [-0.25, -0.2) is 13.8 Å². The van der Waals surface area contributed by atoms with E-state index in [4.69, 9.17) is 4.98 Å². The molecule has 6 heteroatoms. The van der Waals surface area contributed by atoms with Gasteiger partial charge in [0.25, 0.3) is 11.5 Å². The number of fused-ring (bicyclic) bond motifs is 1. The number of hydrogen-bond donors (Lipinski definition) is 0. The zero-order chi connectivity index (χ0) is 18.9. The van der Waals surface area contributed by atoms with Crippen molar-refractivity contribution >= 4 is 26.8 Å². The van der Waals surface area contributed by atoms with E-state index >= 15 is 0 Å². The molecule has 2 atom stereocenters. The summed E-state index contributed by atoms with van der Waals surface area (Å²) in [7, 11) is 0. The van der Waals surface area contributed by atoms with E-state index in [9.17, 15) is 13.6 Å². The molecule has 142 valence electrons. The number of aromatic nitrogens is 2. The number of nitrogens with zero attached hydrogens (tertiary/aromatic N) is 2. The Bertz CT molecular complexity index is 850. The maximum atomic E-state index is 14.7. The van der Waals surface area contributed by atoms with Crippen LogP contribution < -0.4 is 5.56 Å². The average molecular weight is 427 g/mol. The summed E-state index contributed by atoms with van der Waals surface area (Å²) in [4.78, 5) is 17.7. The van der Waals surface area contributed by atoms with Crippen LogP contribution in [0.1, 0.15) is 64.1 Å². The van der Waals surface area contributed by atoms with E-state index in [1.54, 1.807) is 16.7 Å². The van der Waals surface area contributed by atoms with Crippen molar-refractivity contribution in [1.82, 2.24) is 9.55 Å². The third-order valence-electron chi connectivity index (χ3n) is 5.50. The van der Waals surface area contributed by atoms with Gasteiger partial charge in [-0.15, -0.1) is 0 Å². The maximum absolute atomic E-state index is 14.7. The van der Waals surface area contributed by atoms with Gasteiger partial charge < -0.3 is 0 Å². The van der Waals surface area contributed by atoms with Crippen molar-refractivity contribution in [2.24, 2.45) is 5.92 Å². The molecule has 1 aromatic heterocycles. The predicted octanol–water partition coefficient (Wildman–Crippen LogP) is 5.89. The van der Waals surface area contributed by atoms with Crippen molar-refractivity contribution in [3.05, 3.63) is 38.9 Å². The summed E-state index contributed by atoms with van der Waals surface area (Å²) in [5.41, 5.74) is 0.437. The first-order valence-electron chi connectivity index (χ1n) is 9.46. The highest BCUT2D eigenvalue weighted by Gasteiger charge is 2.46. The zero-order valence-electron chi connectivity index (χ0n) is 15.3. The second kappa shape index (κ2) is 7.75.